The molecule has 0 atom stereocenters. The highest BCUT2D eigenvalue weighted by Crippen LogP contribution is 2.38. The molecule has 0 fully saturated rings. The van der Waals surface area contributed by atoms with Crippen molar-refractivity contribution in [2.45, 2.75) is 24.2 Å². The third-order valence-electron chi connectivity index (χ3n) is 2.55. The van der Waals surface area contributed by atoms with Crippen molar-refractivity contribution in [3.05, 3.63) is 23.8 Å². The summed E-state index contributed by atoms with van der Waals surface area (Å²) < 4.78 is 5.46. The maximum atomic E-state index is 9.25. The minimum atomic E-state index is -0.189. The van der Waals surface area contributed by atoms with Crippen LogP contribution in [0.5, 0.6) is 5.75 Å². The lowest BCUT2D eigenvalue weighted by Crippen LogP contribution is -2.21. The van der Waals surface area contributed by atoms with Crippen LogP contribution in [0.15, 0.2) is 23.1 Å². The van der Waals surface area contributed by atoms with E-state index in [0.29, 0.717) is 5.94 Å². The van der Waals surface area contributed by atoms with Crippen LogP contribution in [-0.4, -0.2) is 17.7 Å². The van der Waals surface area contributed by atoms with Gasteiger partial charge in [0, 0.05) is 5.41 Å². The topological polar surface area (TPSA) is 29.5 Å². The molecule has 0 spiro atoms. The highest BCUT2D eigenvalue weighted by molar-refractivity contribution is 7.99. The van der Waals surface area contributed by atoms with Crippen LogP contribution in [0.1, 0.15) is 19.4 Å². The molecule has 0 bridgehead atoms. The Morgan fingerprint density at radius 1 is 1.50 bits per heavy atom. The van der Waals surface area contributed by atoms with Gasteiger partial charge in [-0.05, 0) is 17.7 Å². The molecule has 1 heterocycles. The molecule has 1 aromatic carbocycles. The highest BCUT2D eigenvalue weighted by Gasteiger charge is 2.22. The van der Waals surface area contributed by atoms with Gasteiger partial charge in [-0.25, -0.2) is 0 Å². The third-order valence-corrected chi connectivity index (χ3v) is 3.43. The summed E-state index contributed by atoms with van der Waals surface area (Å²) in [5.74, 6) is 1.66. The van der Waals surface area contributed by atoms with Gasteiger partial charge >= 0.3 is 0 Å². The predicted octanol–water partition coefficient (Wildman–Crippen LogP) is 2.40. The molecule has 1 aromatic rings. The zero-order valence-corrected chi connectivity index (χ0v) is 9.23. The van der Waals surface area contributed by atoms with E-state index in [2.05, 4.69) is 12.1 Å². The van der Waals surface area contributed by atoms with Crippen LogP contribution in [0.25, 0.3) is 0 Å². The fraction of sp³-hybridized carbons (Fsp3) is 0.455. The van der Waals surface area contributed by atoms with Gasteiger partial charge in [-0.3, -0.25) is 0 Å². The van der Waals surface area contributed by atoms with Gasteiger partial charge in [0.2, 0.25) is 0 Å². The lowest BCUT2D eigenvalue weighted by molar-refractivity contribution is 0.218. The van der Waals surface area contributed by atoms with Gasteiger partial charge < -0.3 is 9.84 Å². The lowest BCUT2D eigenvalue weighted by Gasteiger charge is -2.22. The second kappa shape index (κ2) is 3.48. The van der Waals surface area contributed by atoms with E-state index in [1.807, 2.05) is 19.9 Å². The van der Waals surface area contributed by atoms with Crippen molar-refractivity contribution in [3.8, 4) is 5.75 Å². The van der Waals surface area contributed by atoms with Crippen LogP contribution in [0.4, 0.5) is 0 Å². The molecule has 0 saturated carbocycles. The molecule has 0 aromatic heterocycles. The molecule has 3 heteroatoms. The van der Waals surface area contributed by atoms with Gasteiger partial charge in [-0.1, -0.05) is 31.7 Å². The Labute approximate surface area is 88.3 Å². The molecule has 0 radical (unpaired) electrons. The van der Waals surface area contributed by atoms with Crippen molar-refractivity contribution < 1.29 is 9.84 Å². The molecule has 2 rings (SSSR count). The first-order chi connectivity index (χ1) is 6.63. The number of ether oxygens (including phenoxy) is 1. The van der Waals surface area contributed by atoms with Gasteiger partial charge in [0.25, 0.3) is 0 Å². The molecule has 2 nitrogen and oxygen atoms in total. The minimum Gasteiger partial charge on any atom is -0.481 e. The fourth-order valence-corrected chi connectivity index (χ4v) is 2.15. The standard InChI is InChI=1S/C11H14O2S/c1-11(2,6-12)8-3-4-10-9(5-8)13-7-14-10/h3-5,12H,6-7H2,1-2H3. The SMILES string of the molecule is CC(C)(CO)c1ccc2c(c1)OCS2. The van der Waals surface area contributed by atoms with E-state index in [9.17, 15) is 5.11 Å². The third kappa shape index (κ3) is 1.62. The van der Waals surface area contributed by atoms with Gasteiger partial charge in [-0.2, -0.15) is 0 Å². The van der Waals surface area contributed by atoms with Crippen LogP contribution >= 0.6 is 11.8 Å². The Hall–Kier alpha value is -0.670. The first-order valence-electron chi connectivity index (χ1n) is 4.64. The summed E-state index contributed by atoms with van der Waals surface area (Å²) in [6.07, 6.45) is 0. The average molecular weight is 210 g/mol. The maximum absolute atomic E-state index is 9.25. The molecule has 0 amide bonds. The number of hydrogen-bond acceptors (Lipinski definition) is 3. The summed E-state index contributed by atoms with van der Waals surface area (Å²) in [5, 5.41) is 9.25. The number of rotatable bonds is 2. The van der Waals surface area contributed by atoms with Crippen molar-refractivity contribution in [1.82, 2.24) is 0 Å². The largest absolute Gasteiger partial charge is 0.481 e. The Balaban J connectivity index is 2.38. The van der Waals surface area contributed by atoms with Crippen LogP contribution in [-0.2, 0) is 5.41 Å². The van der Waals surface area contributed by atoms with E-state index in [0.717, 1.165) is 11.3 Å². The summed E-state index contributed by atoms with van der Waals surface area (Å²) in [6.45, 7) is 4.20. The van der Waals surface area contributed by atoms with E-state index in [1.165, 1.54) is 4.90 Å². The number of aliphatic hydroxyl groups is 1. The summed E-state index contributed by atoms with van der Waals surface area (Å²) in [5.41, 5.74) is 0.937. The Morgan fingerprint density at radius 2 is 2.29 bits per heavy atom. The summed E-state index contributed by atoms with van der Waals surface area (Å²) in [4.78, 5) is 1.20. The average Bonchev–Trinajstić information content (AvgIpc) is 2.64. The monoisotopic (exact) mass is 210 g/mol. The van der Waals surface area contributed by atoms with Crippen molar-refractivity contribution in [2.75, 3.05) is 12.5 Å². The van der Waals surface area contributed by atoms with E-state index in [4.69, 9.17) is 4.74 Å². The van der Waals surface area contributed by atoms with Gasteiger partial charge in [0.1, 0.15) is 11.7 Å². The van der Waals surface area contributed by atoms with Crippen LogP contribution in [0, 0.1) is 0 Å². The van der Waals surface area contributed by atoms with Crippen molar-refractivity contribution in [1.29, 1.82) is 0 Å². The molecular weight excluding hydrogens is 196 g/mol. The van der Waals surface area contributed by atoms with E-state index < -0.39 is 0 Å². The van der Waals surface area contributed by atoms with Crippen LogP contribution < -0.4 is 4.74 Å². The second-order valence-corrected chi connectivity index (χ2v) is 5.07. The van der Waals surface area contributed by atoms with E-state index >= 15 is 0 Å². The fourth-order valence-electron chi connectivity index (χ4n) is 1.41. The Kier molecular flexibility index (Phi) is 2.45. The molecule has 1 aliphatic heterocycles. The van der Waals surface area contributed by atoms with E-state index in [-0.39, 0.29) is 12.0 Å². The van der Waals surface area contributed by atoms with Gasteiger partial charge in [-0.15, -0.1) is 0 Å². The molecule has 1 aliphatic rings. The molecule has 0 saturated heterocycles. The molecule has 1 N–H and O–H groups in total. The van der Waals surface area contributed by atoms with Gasteiger partial charge in [0.15, 0.2) is 0 Å². The first kappa shape index (κ1) is 9.87. The van der Waals surface area contributed by atoms with Crippen LogP contribution in [0.3, 0.4) is 0 Å². The van der Waals surface area contributed by atoms with Gasteiger partial charge in [0.05, 0.1) is 11.5 Å². The zero-order valence-electron chi connectivity index (χ0n) is 8.41. The van der Waals surface area contributed by atoms with Crippen molar-refractivity contribution >= 4 is 11.8 Å². The first-order valence-corrected chi connectivity index (χ1v) is 5.63. The summed E-state index contributed by atoms with van der Waals surface area (Å²) in [6, 6.07) is 6.17. The number of hydrogen-bond donors (Lipinski definition) is 1. The van der Waals surface area contributed by atoms with Crippen molar-refractivity contribution in [3.63, 3.8) is 0 Å². The van der Waals surface area contributed by atoms with Crippen LogP contribution in [0.2, 0.25) is 0 Å². The minimum absolute atomic E-state index is 0.152. The van der Waals surface area contributed by atoms with Crippen molar-refractivity contribution in [2.24, 2.45) is 0 Å². The molecule has 0 unspecified atom stereocenters. The Bertz CT molecular complexity index is 347. The molecule has 76 valence electrons. The summed E-state index contributed by atoms with van der Waals surface area (Å²) >= 11 is 1.71. The summed E-state index contributed by atoms with van der Waals surface area (Å²) in [7, 11) is 0. The second-order valence-electron chi connectivity index (χ2n) is 4.11. The highest BCUT2D eigenvalue weighted by atomic mass is 32.2. The number of thioether (sulfide) groups is 1. The number of benzene rings is 1. The Morgan fingerprint density at radius 3 is 3.00 bits per heavy atom. The maximum Gasteiger partial charge on any atom is 0.138 e. The lowest BCUT2D eigenvalue weighted by atomic mass is 9.85. The normalized spacial score (nSPS) is 15.1. The molecule has 0 aliphatic carbocycles. The molecule has 14 heavy (non-hydrogen) atoms. The molecular formula is C11H14O2S. The smallest absolute Gasteiger partial charge is 0.138 e. The van der Waals surface area contributed by atoms with E-state index in [1.54, 1.807) is 11.8 Å². The number of fused-ring (bicyclic) bond motifs is 1. The number of aliphatic hydroxyl groups excluding tert-OH is 1. The zero-order chi connectivity index (χ0) is 10.2. The predicted molar refractivity (Wildman–Crippen MR) is 57.9 cm³/mol. The quantitative estimate of drug-likeness (QED) is 0.812.